The van der Waals surface area contributed by atoms with Crippen LogP contribution < -0.4 is 20.1 Å². The van der Waals surface area contributed by atoms with E-state index in [2.05, 4.69) is 15.6 Å². The van der Waals surface area contributed by atoms with Gasteiger partial charge in [0.05, 0.1) is 26.8 Å². The highest BCUT2D eigenvalue weighted by Crippen LogP contribution is 2.18. The zero-order valence-corrected chi connectivity index (χ0v) is 13.7. The largest absolute Gasteiger partial charge is 0.497 e. The fourth-order valence-electron chi connectivity index (χ4n) is 1.74. The summed E-state index contributed by atoms with van der Waals surface area (Å²) in [5.74, 6) is 2.35. The molecule has 0 bridgehead atoms. The van der Waals surface area contributed by atoms with Crippen LogP contribution in [0, 0.1) is 0 Å². The lowest BCUT2D eigenvalue weighted by Gasteiger charge is -2.12. The summed E-state index contributed by atoms with van der Waals surface area (Å²) in [6.45, 7) is 8.02. The Morgan fingerprint density at radius 3 is 2.68 bits per heavy atom. The van der Waals surface area contributed by atoms with Crippen LogP contribution in [0.25, 0.3) is 0 Å². The first kappa shape index (κ1) is 18.1. The molecule has 1 rings (SSSR count). The highest BCUT2D eigenvalue weighted by Gasteiger charge is 1.99. The molecule has 1 aromatic carbocycles. The lowest BCUT2D eigenvalue weighted by atomic mass is 10.3. The molecular formula is C16H27N3O3. The fourth-order valence-corrected chi connectivity index (χ4v) is 1.74. The molecule has 0 spiro atoms. The second kappa shape index (κ2) is 11.7. The average Bonchev–Trinajstić information content (AvgIpc) is 2.55. The Bertz CT molecular complexity index is 438. The van der Waals surface area contributed by atoms with E-state index in [9.17, 15) is 0 Å². The van der Waals surface area contributed by atoms with Crippen molar-refractivity contribution in [2.24, 2.45) is 4.99 Å². The molecule has 22 heavy (non-hydrogen) atoms. The van der Waals surface area contributed by atoms with Crippen LogP contribution >= 0.6 is 0 Å². The Kier molecular flexibility index (Phi) is 9.61. The summed E-state index contributed by atoms with van der Waals surface area (Å²) in [5, 5.41) is 6.41. The van der Waals surface area contributed by atoms with Gasteiger partial charge in [0.15, 0.2) is 5.96 Å². The number of guanidine groups is 1. The maximum atomic E-state index is 5.67. The average molecular weight is 309 g/mol. The van der Waals surface area contributed by atoms with Crippen LogP contribution in [0.5, 0.6) is 11.5 Å². The summed E-state index contributed by atoms with van der Waals surface area (Å²) >= 11 is 0. The second-order valence-electron chi connectivity index (χ2n) is 4.41. The summed E-state index contributed by atoms with van der Waals surface area (Å²) in [7, 11) is 1.64. The van der Waals surface area contributed by atoms with E-state index >= 15 is 0 Å². The molecule has 6 nitrogen and oxygen atoms in total. The maximum Gasteiger partial charge on any atom is 0.191 e. The van der Waals surface area contributed by atoms with Gasteiger partial charge >= 0.3 is 0 Å². The van der Waals surface area contributed by atoms with Gasteiger partial charge in [-0.1, -0.05) is 6.07 Å². The zero-order chi connectivity index (χ0) is 16.0. The molecule has 0 amide bonds. The molecule has 0 unspecified atom stereocenters. The van der Waals surface area contributed by atoms with Gasteiger partial charge in [-0.25, -0.2) is 0 Å². The molecule has 0 aromatic heterocycles. The number of benzene rings is 1. The van der Waals surface area contributed by atoms with Crippen molar-refractivity contribution >= 4 is 5.96 Å². The van der Waals surface area contributed by atoms with Crippen LogP contribution in [0.15, 0.2) is 29.3 Å². The second-order valence-corrected chi connectivity index (χ2v) is 4.41. The summed E-state index contributed by atoms with van der Waals surface area (Å²) < 4.78 is 16.1. The molecular weight excluding hydrogens is 282 g/mol. The van der Waals surface area contributed by atoms with Gasteiger partial charge in [0.25, 0.3) is 0 Å². The quantitative estimate of drug-likeness (QED) is 0.391. The van der Waals surface area contributed by atoms with Crippen LogP contribution in [0.2, 0.25) is 0 Å². The normalized spacial score (nSPS) is 11.1. The molecule has 6 heteroatoms. The smallest absolute Gasteiger partial charge is 0.191 e. The molecule has 0 radical (unpaired) electrons. The van der Waals surface area contributed by atoms with Gasteiger partial charge in [-0.05, 0) is 26.0 Å². The molecule has 0 atom stereocenters. The Morgan fingerprint density at radius 1 is 1.14 bits per heavy atom. The highest BCUT2D eigenvalue weighted by molar-refractivity contribution is 5.79. The number of rotatable bonds is 10. The van der Waals surface area contributed by atoms with Gasteiger partial charge in [-0.2, -0.15) is 0 Å². The molecule has 0 heterocycles. The maximum absolute atomic E-state index is 5.67. The van der Waals surface area contributed by atoms with Crippen LogP contribution in [0.4, 0.5) is 0 Å². The fraction of sp³-hybridized carbons (Fsp3) is 0.562. The first-order valence-corrected chi connectivity index (χ1v) is 7.67. The Balaban J connectivity index is 2.29. The summed E-state index contributed by atoms with van der Waals surface area (Å²) in [4.78, 5) is 4.42. The SMILES string of the molecule is CCNC(=NCCOCC)NCCOc1cccc(OC)c1. The Morgan fingerprint density at radius 2 is 1.95 bits per heavy atom. The minimum absolute atomic E-state index is 0.545. The topological polar surface area (TPSA) is 64.1 Å². The van der Waals surface area contributed by atoms with Crippen LogP contribution in [-0.2, 0) is 4.74 Å². The number of nitrogens with zero attached hydrogens (tertiary/aromatic N) is 1. The molecule has 1 aromatic rings. The summed E-state index contributed by atoms with van der Waals surface area (Å²) in [6, 6.07) is 7.56. The third-order valence-corrected chi connectivity index (χ3v) is 2.76. The monoisotopic (exact) mass is 309 g/mol. The van der Waals surface area contributed by atoms with E-state index in [-0.39, 0.29) is 0 Å². The third kappa shape index (κ3) is 7.73. The number of hydrogen-bond donors (Lipinski definition) is 2. The highest BCUT2D eigenvalue weighted by atomic mass is 16.5. The van der Waals surface area contributed by atoms with E-state index in [4.69, 9.17) is 14.2 Å². The van der Waals surface area contributed by atoms with E-state index in [0.29, 0.717) is 32.9 Å². The first-order valence-electron chi connectivity index (χ1n) is 7.67. The third-order valence-electron chi connectivity index (χ3n) is 2.76. The van der Waals surface area contributed by atoms with E-state index in [1.165, 1.54) is 0 Å². The zero-order valence-electron chi connectivity index (χ0n) is 13.7. The van der Waals surface area contributed by atoms with Gasteiger partial charge in [0.1, 0.15) is 18.1 Å². The van der Waals surface area contributed by atoms with Crippen molar-refractivity contribution in [3.8, 4) is 11.5 Å². The van der Waals surface area contributed by atoms with Crippen LogP contribution in [0.3, 0.4) is 0 Å². The number of ether oxygens (including phenoxy) is 3. The van der Waals surface area contributed by atoms with Gasteiger partial charge in [-0.15, -0.1) is 0 Å². The van der Waals surface area contributed by atoms with Crippen molar-refractivity contribution in [2.75, 3.05) is 46.6 Å². The van der Waals surface area contributed by atoms with Crippen molar-refractivity contribution in [3.63, 3.8) is 0 Å². The van der Waals surface area contributed by atoms with Crippen molar-refractivity contribution in [1.29, 1.82) is 0 Å². The lowest BCUT2D eigenvalue weighted by molar-refractivity contribution is 0.155. The number of nitrogens with one attached hydrogen (secondary N) is 2. The predicted octanol–water partition coefficient (Wildman–Crippen LogP) is 1.67. The summed E-state index contributed by atoms with van der Waals surface area (Å²) in [5.41, 5.74) is 0. The Labute approximate surface area is 132 Å². The van der Waals surface area contributed by atoms with Crippen LogP contribution in [0.1, 0.15) is 13.8 Å². The molecule has 0 saturated carbocycles. The van der Waals surface area contributed by atoms with Gasteiger partial charge in [0, 0.05) is 19.2 Å². The van der Waals surface area contributed by atoms with E-state index < -0.39 is 0 Å². The van der Waals surface area contributed by atoms with Crippen molar-refractivity contribution in [1.82, 2.24) is 10.6 Å². The van der Waals surface area contributed by atoms with E-state index in [0.717, 1.165) is 24.0 Å². The van der Waals surface area contributed by atoms with Gasteiger partial charge < -0.3 is 24.8 Å². The van der Waals surface area contributed by atoms with Gasteiger partial charge in [0.2, 0.25) is 0 Å². The predicted molar refractivity (Wildman–Crippen MR) is 89.0 cm³/mol. The number of methoxy groups -OCH3 is 1. The van der Waals surface area contributed by atoms with Crippen molar-refractivity contribution in [3.05, 3.63) is 24.3 Å². The van der Waals surface area contributed by atoms with E-state index in [1.54, 1.807) is 7.11 Å². The van der Waals surface area contributed by atoms with Crippen molar-refractivity contribution < 1.29 is 14.2 Å². The minimum Gasteiger partial charge on any atom is -0.497 e. The van der Waals surface area contributed by atoms with E-state index in [1.807, 2.05) is 38.1 Å². The first-order chi connectivity index (χ1) is 10.8. The van der Waals surface area contributed by atoms with Gasteiger partial charge in [-0.3, -0.25) is 4.99 Å². The molecule has 0 fully saturated rings. The Hall–Kier alpha value is -1.95. The standard InChI is InChI=1S/C16H27N3O3/c1-4-17-16(18-9-11-21-5-2)19-10-12-22-15-8-6-7-14(13-15)20-3/h6-8,13H,4-5,9-12H2,1-3H3,(H2,17,18,19). The molecule has 2 N–H and O–H groups in total. The molecule has 0 aliphatic rings. The minimum atomic E-state index is 0.545. The molecule has 0 aliphatic heterocycles. The summed E-state index contributed by atoms with van der Waals surface area (Å²) in [6.07, 6.45) is 0. The number of aliphatic imine (C=N–C) groups is 1. The van der Waals surface area contributed by atoms with Crippen LogP contribution in [-0.4, -0.2) is 52.5 Å². The van der Waals surface area contributed by atoms with Crippen molar-refractivity contribution in [2.45, 2.75) is 13.8 Å². The lowest BCUT2D eigenvalue weighted by Crippen LogP contribution is -2.39. The molecule has 0 saturated heterocycles. The molecule has 0 aliphatic carbocycles. The molecule has 124 valence electrons. The number of hydrogen-bond acceptors (Lipinski definition) is 4.